The highest BCUT2D eigenvalue weighted by molar-refractivity contribution is 5.80. The molecule has 116 valence electrons. The first kappa shape index (κ1) is 15.2. The number of ether oxygens (including phenoxy) is 1. The molecule has 1 fully saturated rings. The van der Waals surface area contributed by atoms with E-state index in [0.29, 0.717) is 38.2 Å². The van der Waals surface area contributed by atoms with Crippen LogP contribution in [0.25, 0.3) is 0 Å². The third-order valence-electron chi connectivity index (χ3n) is 2.79. The van der Waals surface area contributed by atoms with Crippen LogP contribution in [0.15, 0.2) is 0 Å². The first-order valence-corrected chi connectivity index (χ1v) is 6.92. The van der Waals surface area contributed by atoms with Crippen molar-refractivity contribution in [3.63, 3.8) is 0 Å². The molecule has 9 nitrogen and oxygen atoms in total. The maximum atomic E-state index is 11.6. The summed E-state index contributed by atoms with van der Waals surface area (Å²) < 4.78 is 5.28. The van der Waals surface area contributed by atoms with Crippen molar-refractivity contribution in [1.82, 2.24) is 20.3 Å². The summed E-state index contributed by atoms with van der Waals surface area (Å²) in [6, 6.07) is 0.0895. The predicted octanol–water partition coefficient (Wildman–Crippen LogP) is -0.773. The Morgan fingerprint density at radius 2 is 2.05 bits per heavy atom. The summed E-state index contributed by atoms with van der Waals surface area (Å²) in [6.45, 7) is 6.55. The third-order valence-corrected chi connectivity index (χ3v) is 2.79. The van der Waals surface area contributed by atoms with E-state index in [0.717, 1.165) is 0 Å². The number of carbonyl (C=O) groups is 1. The quantitative estimate of drug-likeness (QED) is 0.648. The molecule has 1 amide bonds. The SMILES string of the molecule is CC(C)NC(=O)CNc1nc(N)nc(N2CCOCC2)n1. The summed E-state index contributed by atoms with van der Waals surface area (Å²) in [7, 11) is 0. The highest BCUT2D eigenvalue weighted by Gasteiger charge is 2.16. The average Bonchev–Trinajstić information content (AvgIpc) is 2.45. The van der Waals surface area contributed by atoms with Crippen LogP contribution in [0.5, 0.6) is 0 Å². The zero-order valence-corrected chi connectivity index (χ0v) is 12.3. The molecule has 1 saturated heterocycles. The van der Waals surface area contributed by atoms with Gasteiger partial charge in [-0.3, -0.25) is 4.79 Å². The van der Waals surface area contributed by atoms with E-state index in [9.17, 15) is 4.79 Å². The Hall–Kier alpha value is -2.16. The molecule has 1 aliphatic heterocycles. The lowest BCUT2D eigenvalue weighted by Crippen LogP contribution is -2.38. The van der Waals surface area contributed by atoms with Gasteiger partial charge in [-0.15, -0.1) is 0 Å². The van der Waals surface area contributed by atoms with Crippen LogP contribution in [0.4, 0.5) is 17.8 Å². The molecule has 1 aromatic heterocycles. The monoisotopic (exact) mass is 295 g/mol. The van der Waals surface area contributed by atoms with Gasteiger partial charge in [-0.2, -0.15) is 15.0 Å². The van der Waals surface area contributed by atoms with Gasteiger partial charge in [0.25, 0.3) is 0 Å². The third kappa shape index (κ3) is 4.71. The van der Waals surface area contributed by atoms with Gasteiger partial charge in [-0.05, 0) is 13.8 Å². The van der Waals surface area contributed by atoms with Crippen molar-refractivity contribution in [1.29, 1.82) is 0 Å². The van der Waals surface area contributed by atoms with Crippen molar-refractivity contribution in [2.75, 3.05) is 48.8 Å². The van der Waals surface area contributed by atoms with Crippen molar-refractivity contribution >= 4 is 23.8 Å². The molecule has 0 unspecified atom stereocenters. The largest absolute Gasteiger partial charge is 0.378 e. The number of rotatable bonds is 5. The number of amides is 1. The fourth-order valence-electron chi connectivity index (χ4n) is 1.90. The van der Waals surface area contributed by atoms with E-state index < -0.39 is 0 Å². The molecule has 21 heavy (non-hydrogen) atoms. The van der Waals surface area contributed by atoms with Crippen molar-refractivity contribution in [3.05, 3.63) is 0 Å². The summed E-state index contributed by atoms with van der Waals surface area (Å²) in [5, 5.41) is 5.63. The number of nitrogens with one attached hydrogen (secondary N) is 2. The zero-order chi connectivity index (χ0) is 15.2. The second-order valence-electron chi connectivity index (χ2n) is 4.99. The normalized spacial score (nSPS) is 15.1. The lowest BCUT2D eigenvalue weighted by atomic mass is 10.4. The molecule has 0 atom stereocenters. The first-order valence-electron chi connectivity index (χ1n) is 6.92. The molecule has 0 saturated carbocycles. The van der Waals surface area contributed by atoms with Crippen molar-refractivity contribution in [2.45, 2.75) is 19.9 Å². The molecular formula is C12H21N7O2. The van der Waals surface area contributed by atoms with Crippen molar-refractivity contribution < 1.29 is 9.53 Å². The molecule has 0 bridgehead atoms. The van der Waals surface area contributed by atoms with Crippen LogP contribution < -0.4 is 21.3 Å². The molecule has 4 N–H and O–H groups in total. The number of carbonyl (C=O) groups excluding carboxylic acids is 1. The number of aromatic nitrogens is 3. The molecule has 0 radical (unpaired) electrons. The summed E-state index contributed by atoms with van der Waals surface area (Å²) in [6.07, 6.45) is 0. The predicted molar refractivity (Wildman–Crippen MR) is 79.0 cm³/mol. The van der Waals surface area contributed by atoms with Crippen LogP contribution in [0.3, 0.4) is 0 Å². The minimum Gasteiger partial charge on any atom is -0.378 e. The summed E-state index contributed by atoms with van der Waals surface area (Å²) in [5.74, 6) is 0.788. The van der Waals surface area contributed by atoms with Gasteiger partial charge in [0.1, 0.15) is 0 Å². The molecule has 1 aliphatic rings. The molecule has 0 aliphatic carbocycles. The number of nitrogens with two attached hydrogens (primary N) is 1. The Kier molecular flexibility index (Phi) is 5.09. The van der Waals surface area contributed by atoms with Gasteiger partial charge in [0.2, 0.25) is 23.8 Å². The van der Waals surface area contributed by atoms with Crippen LogP contribution in [-0.4, -0.2) is 59.7 Å². The molecule has 9 heteroatoms. The summed E-state index contributed by atoms with van der Waals surface area (Å²) in [4.78, 5) is 26.0. The van der Waals surface area contributed by atoms with Crippen molar-refractivity contribution in [2.24, 2.45) is 0 Å². The molecule has 1 aromatic rings. The Morgan fingerprint density at radius 3 is 2.71 bits per heavy atom. The topological polar surface area (TPSA) is 118 Å². The fourth-order valence-corrected chi connectivity index (χ4v) is 1.90. The van der Waals surface area contributed by atoms with Gasteiger partial charge in [-0.1, -0.05) is 0 Å². The number of hydrogen-bond acceptors (Lipinski definition) is 8. The zero-order valence-electron chi connectivity index (χ0n) is 12.3. The van der Waals surface area contributed by atoms with E-state index in [-0.39, 0.29) is 24.4 Å². The van der Waals surface area contributed by atoms with Crippen LogP contribution >= 0.6 is 0 Å². The number of hydrogen-bond donors (Lipinski definition) is 3. The van der Waals surface area contributed by atoms with E-state index in [4.69, 9.17) is 10.5 Å². The minimum absolute atomic E-state index is 0.0875. The summed E-state index contributed by atoms with van der Waals surface area (Å²) in [5.41, 5.74) is 5.69. The van der Waals surface area contributed by atoms with Gasteiger partial charge >= 0.3 is 0 Å². The van der Waals surface area contributed by atoms with Gasteiger partial charge in [0.05, 0.1) is 19.8 Å². The summed E-state index contributed by atoms with van der Waals surface area (Å²) >= 11 is 0. The Morgan fingerprint density at radius 1 is 1.33 bits per heavy atom. The van der Waals surface area contributed by atoms with E-state index in [2.05, 4.69) is 25.6 Å². The number of nitrogen functional groups attached to an aromatic ring is 1. The van der Waals surface area contributed by atoms with Crippen LogP contribution in [0.1, 0.15) is 13.8 Å². The number of nitrogens with zero attached hydrogens (tertiary/aromatic N) is 4. The second-order valence-corrected chi connectivity index (χ2v) is 4.99. The van der Waals surface area contributed by atoms with Crippen LogP contribution in [0, 0.1) is 0 Å². The Balaban J connectivity index is 1.99. The van der Waals surface area contributed by atoms with E-state index in [1.807, 2.05) is 18.7 Å². The highest BCUT2D eigenvalue weighted by atomic mass is 16.5. The molecule has 2 heterocycles. The molecule has 0 aromatic carbocycles. The van der Waals surface area contributed by atoms with Gasteiger partial charge in [0, 0.05) is 19.1 Å². The highest BCUT2D eigenvalue weighted by Crippen LogP contribution is 2.13. The average molecular weight is 295 g/mol. The lowest BCUT2D eigenvalue weighted by molar-refractivity contribution is -0.119. The standard InChI is InChI=1S/C12H21N7O2/c1-8(2)15-9(20)7-14-11-16-10(13)17-12(18-11)19-3-5-21-6-4-19/h8H,3-7H2,1-2H3,(H,15,20)(H3,13,14,16,17,18). The van der Waals surface area contributed by atoms with Gasteiger partial charge in [0.15, 0.2) is 0 Å². The first-order chi connectivity index (χ1) is 10.0. The lowest BCUT2D eigenvalue weighted by Gasteiger charge is -2.26. The number of anilines is 3. The van der Waals surface area contributed by atoms with Crippen LogP contribution in [-0.2, 0) is 9.53 Å². The molecule has 2 rings (SSSR count). The molecule has 0 spiro atoms. The van der Waals surface area contributed by atoms with Crippen LogP contribution in [0.2, 0.25) is 0 Å². The van der Waals surface area contributed by atoms with Gasteiger partial charge < -0.3 is 26.0 Å². The fraction of sp³-hybridized carbons (Fsp3) is 0.667. The van der Waals surface area contributed by atoms with Gasteiger partial charge in [-0.25, -0.2) is 0 Å². The Labute approximate surface area is 123 Å². The molecular weight excluding hydrogens is 274 g/mol. The Bertz CT molecular complexity index is 488. The maximum Gasteiger partial charge on any atom is 0.239 e. The van der Waals surface area contributed by atoms with E-state index >= 15 is 0 Å². The number of morpholine rings is 1. The van der Waals surface area contributed by atoms with E-state index in [1.165, 1.54) is 0 Å². The van der Waals surface area contributed by atoms with E-state index in [1.54, 1.807) is 0 Å². The smallest absolute Gasteiger partial charge is 0.239 e. The maximum absolute atomic E-state index is 11.6. The minimum atomic E-state index is -0.128. The van der Waals surface area contributed by atoms with Crippen molar-refractivity contribution in [3.8, 4) is 0 Å². The second kappa shape index (κ2) is 7.02.